The molecular weight excluding hydrogens is 476 g/mol. The highest BCUT2D eigenvalue weighted by Crippen LogP contribution is 2.31. The summed E-state index contributed by atoms with van der Waals surface area (Å²) in [6.45, 7) is 3.48. The van der Waals surface area contributed by atoms with Gasteiger partial charge < -0.3 is 4.90 Å². The third kappa shape index (κ3) is 5.11. The van der Waals surface area contributed by atoms with Crippen LogP contribution in [0, 0.1) is 5.92 Å². The first kappa shape index (κ1) is 24.5. The van der Waals surface area contributed by atoms with E-state index >= 15 is 0 Å². The highest BCUT2D eigenvalue weighted by molar-refractivity contribution is 6.05. The summed E-state index contributed by atoms with van der Waals surface area (Å²) in [7, 11) is 0. The molecule has 0 saturated carbocycles. The van der Waals surface area contributed by atoms with Gasteiger partial charge >= 0.3 is 0 Å². The van der Waals surface area contributed by atoms with Crippen LogP contribution in [0.5, 0.6) is 0 Å². The van der Waals surface area contributed by atoms with Gasteiger partial charge in [-0.05, 0) is 85.6 Å². The van der Waals surface area contributed by atoms with Crippen molar-refractivity contribution in [1.29, 1.82) is 0 Å². The van der Waals surface area contributed by atoms with Crippen LogP contribution in [0.1, 0.15) is 52.7 Å². The van der Waals surface area contributed by atoms with Gasteiger partial charge in [-0.25, -0.2) is 0 Å². The summed E-state index contributed by atoms with van der Waals surface area (Å²) in [5.41, 5.74) is 6.03. The van der Waals surface area contributed by atoms with Crippen LogP contribution in [0.3, 0.4) is 0 Å². The third-order valence-electron chi connectivity index (χ3n) is 8.12. The summed E-state index contributed by atoms with van der Waals surface area (Å²) in [5, 5.41) is 2.36. The van der Waals surface area contributed by atoms with E-state index in [1.165, 1.54) is 24.0 Å². The summed E-state index contributed by atoms with van der Waals surface area (Å²) in [6.07, 6.45) is 6.08. The van der Waals surface area contributed by atoms with Crippen LogP contribution >= 0.6 is 0 Å². The van der Waals surface area contributed by atoms with Crippen LogP contribution < -0.4 is 5.32 Å². The minimum Gasteiger partial charge on any atom is -0.322 e. The molecule has 7 nitrogen and oxygen atoms in total. The number of nitrogens with one attached hydrogen (secondary N) is 1. The van der Waals surface area contributed by atoms with Gasteiger partial charge in [-0.2, -0.15) is 0 Å². The van der Waals surface area contributed by atoms with Crippen molar-refractivity contribution in [3.05, 3.63) is 89.1 Å². The topological polar surface area (TPSA) is 82.6 Å². The smallest absolute Gasteiger partial charge is 0.255 e. The highest BCUT2D eigenvalue weighted by Gasteiger charge is 2.39. The predicted octanol–water partition coefficient (Wildman–Crippen LogP) is 3.96. The molecule has 38 heavy (non-hydrogen) atoms. The number of rotatable bonds is 6. The largest absolute Gasteiger partial charge is 0.322 e. The molecule has 3 aliphatic rings. The van der Waals surface area contributed by atoms with Gasteiger partial charge in [-0.3, -0.25) is 29.6 Å². The monoisotopic (exact) mass is 508 g/mol. The summed E-state index contributed by atoms with van der Waals surface area (Å²) in [6, 6.07) is 20.2. The normalized spacial score (nSPS) is 20.5. The lowest BCUT2D eigenvalue weighted by Gasteiger charge is -2.32. The van der Waals surface area contributed by atoms with E-state index in [9.17, 15) is 14.4 Å². The summed E-state index contributed by atoms with van der Waals surface area (Å²) >= 11 is 0. The maximum absolute atomic E-state index is 13.0. The third-order valence-corrected chi connectivity index (χ3v) is 8.12. The molecule has 1 aromatic heterocycles. The first-order valence-corrected chi connectivity index (χ1v) is 13.5. The molecule has 3 aromatic rings. The second kappa shape index (κ2) is 10.5. The lowest BCUT2D eigenvalue weighted by Crippen LogP contribution is -2.52. The van der Waals surface area contributed by atoms with Gasteiger partial charge in [0.05, 0.1) is 5.69 Å². The van der Waals surface area contributed by atoms with E-state index in [1.54, 1.807) is 4.90 Å². The molecule has 1 unspecified atom stereocenters. The first-order chi connectivity index (χ1) is 18.5. The van der Waals surface area contributed by atoms with Crippen molar-refractivity contribution in [2.45, 2.75) is 51.2 Å². The summed E-state index contributed by atoms with van der Waals surface area (Å²) in [5.74, 6) is -0.0738. The average molecular weight is 509 g/mol. The van der Waals surface area contributed by atoms with Crippen molar-refractivity contribution in [3.63, 3.8) is 0 Å². The van der Waals surface area contributed by atoms with Crippen molar-refractivity contribution < 1.29 is 14.4 Å². The molecule has 4 heterocycles. The number of amides is 3. The zero-order chi connectivity index (χ0) is 26.1. The zero-order valence-electron chi connectivity index (χ0n) is 21.4. The number of imide groups is 1. The Morgan fingerprint density at radius 1 is 0.895 bits per heavy atom. The van der Waals surface area contributed by atoms with Gasteiger partial charge in [-0.15, -0.1) is 0 Å². The number of carbonyl (C=O) groups excluding carboxylic acids is 3. The minimum absolute atomic E-state index is 0.154. The molecule has 3 amide bonds. The van der Waals surface area contributed by atoms with Gasteiger partial charge in [0.1, 0.15) is 6.04 Å². The standard InChI is InChI=1S/C31H32N4O3/c36-29-9-8-28(30(37)33-29)35-20-25-18-24(6-7-26(25)31(35)38)27-17-23(10-13-32-27)19-34-14-11-22(12-15-34)16-21-4-2-1-3-5-21/h1-7,10,13,17-18,22,28H,8-9,11-12,14-16,19-20H2,(H,33,36,37). The van der Waals surface area contributed by atoms with E-state index in [-0.39, 0.29) is 24.1 Å². The molecule has 7 heteroatoms. The highest BCUT2D eigenvalue weighted by atomic mass is 16.2. The number of hydrogen-bond donors (Lipinski definition) is 1. The molecule has 0 spiro atoms. The number of pyridine rings is 1. The molecular formula is C31H32N4O3. The SMILES string of the molecule is O=C1CCC(N2Cc3cc(-c4cc(CN5CCC(Cc6ccccc6)CC5)ccn4)ccc3C2=O)C(=O)N1. The van der Waals surface area contributed by atoms with Gasteiger partial charge in [0.25, 0.3) is 5.91 Å². The van der Waals surface area contributed by atoms with Crippen molar-refractivity contribution in [2.24, 2.45) is 5.92 Å². The first-order valence-electron chi connectivity index (χ1n) is 13.5. The van der Waals surface area contributed by atoms with Crippen molar-refractivity contribution >= 4 is 17.7 Å². The Morgan fingerprint density at radius 2 is 1.71 bits per heavy atom. The van der Waals surface area contributed by atoms with E-state index in [0.29, 0.717) is 18.5 Å². The predicted molar refractivity (Wildman–Crippen MR) is 144 cm³/mol. The molecule has 6 rings (SSSR count). The lowest BCUT2D eigenvalue weighted by atomic mass is 9.90. The molecule has 1 N–H and O–H groups in total. The fraction of sp³-hybridized carbons (Fsp3) is 0.355. The Morgan fingerprint density at radius 3 is 2.50 bits per heavy atom. The van der Waals surface area contributed by atoms with E-state index in [4.69, 9.17) is 0 Å². The summed E-state index contributed by atoms with van der Waals surface area (Å²) in [4.78, 5) is 45.6. The van der Waals surface area contributed by atoms with Crippen molar-refractivity contribution in [2.75, 3.05) is 13.1 Å². The second-order valence-electron chi connectivity index (χ2n) is 10.7. The van der Waals surface area contributed by atoms with Crippen LogP contribution in [-0.4, -0.2) is 51.6 Å². The van der Waals surface area contributed by atoms with Crippen LogP contribution in [0.4, 0.5) is 0 Å². The van der Waals surface area contributed by atoms with Crippen LogP contribution in [0.2, 0.25) is 0 Å². The van der Waals surface area contributed by atoms with E-state index in [1.807, 2.05) is 24.4 Å². The number of fused-ring (bicyclic) bond motifs is 1. The molecule has 0 aliphatic carbocycles. The number of likely N-dealkylation sites (tertiary alicyclic amines) is 1. The van der Waals surface area contributed by atoms with Crippen LogP contribution in [0.25, 0.3) is 11.3 Å². The fourth-order valence-electron chi connectivity index (χ4n) is 6.02. The Balaban J connectivity index is 1.10. The molecule has 1 atom stereocenters. The zero-order valence-corrected chi connectivity index (χ0v) is 21.4. The van der Waals surface area contributed by atoms with Gasteiger partial charge in [0.2, 0.25) is 11.8 Å². The molecule has 2 aromatic carbocycles. The van der Waals surface area contributed by atoms with Gasteiger partial charge in [-0.1, -0.05) is 36.4 Å². The Hall–Kier alpha value is -3.84. The molecule has 0 bridgehead atoms. The summed E-state index contributed by atoms with van der Waals surface area (Å²) < 4.78 is 0. The second-order valence-corrected chi connectivity index (χ2v) is 10.7. The Labute approximate surface area is 222 Å². The molecule has 2 fully saturated rings. The number of nitrogens with zero attached hydrogens (tertiary/aromatic N) is 3. The van der Waals surface area contributed by atoms with Gasteiger partial charge in [0, 0.05) is 36.8 Å². The molecule has 2 saturated heterocycles. The fourth-order valence-corrected chi connectivity index (χ4v) is 6.02. The van der Waals surface area contributed by atoms with E-state index in [0.717, 1.165) is 48.8 Å². The van der Waals surface area contributed by atoms with Crippen molar-refractivity contribution in [3.8, 4) is 11.3 Å². The average Bonchev–Trinajstić information content (AvgIpc) is 3.26. The van der Waals surface area contributed by atoms with E-state index < -0.39 is 6.04 Å². The number of piperidine rings is 2. The number of benzene rings is 2. The molecule has 0 radical (unpaired) electrons. The number of hydrogen-bond acceptors (Lipinski definition) is 5. The Bertz CT molecular complexity index is 1360. The quantitative estimate of drug-likeness (QED) is 0.510. The van der Waals surface area contributed by atoms with Crippen LogP contribution in [-0.2, 0) is 29.1 Å². The lowest BCUT2D eigenvalue weighted by molar-refractivity contribution is -0.136. The van der Waals surface area contributed by atoms with Crippen molar-refractivity contribution in [1.82, 2.24) is 20.1 Å². The molecule has 194 valence electrons. The van der Waals surface area contributed by atoms with Gasteiger partial charge in [0.15, 0.2) is 0 Å². The molecule has 3 aliphatic heterocycles. The minimum atomic E-state index is -0.602. The number of aromatic nitrogens is 1. The maximum Gasteiger partial charge on any atom is 0.255 e. The van der Waals surface area contributed by atoms with Crippen LogP contribution in [0.15, 0.2) is 66.9 Å². The van der Waals surface area contributed by atoms with E-state index in [2.05, 4.69) is 57.7 Å². The maximum atomic E-state index is 13.0. The Kier molecular flexibility index (Phi) is 6.77. The number of carbonyl (C=O) groups is 3.